The zero-order valence-electron chi connectivity index (χ0n) is 5.83. The van der Waals surface area contributed by atoms with Gasteiger partial charge in [0.05, 0.1) is 0 Å². The predicted octanol–water partition coefficient (Wildman–Crippen LogP) is 0.755. The van der Waals surface area contributed by atoms with Crippen molar-refractivity contribution in [3.8, 4) is 0 Å². The fraction of sp³-hybridized carbons (Fsp3) is 0.500. The molecular weight excluding hydrogens is 306 g/mol. The first kappa shape index (κ1) is 30.1. The maximum Gasteiger partial charge on any atom is 0.300 e. The summed E-state index contributed by atoms with van der Waals surface area (Å²) in [7, 11) is 0. The van der Waals surface area contributed by atoms with E-state index in [2.05, 4.69) is 0 Å². The second kappa shape index (κ2) is 22.4. The van der Waals surface area contributed by atoms with Gasteiger partial charge in [0, 0.05) is 47.7 Å². The molecule has 0 spiro atoms. The third-order valence-corrected chi connectivity index (χ3v) is 0. The monoisotopic (exact) mass is 314 g/mol. The first-order valence-electron chi connectivity index (χ1n) is 1.86. The van der Waals surface area contributed by atoms with E-state index in [1.54, 1.807) is 0 Å². The molecule has 72 valence electrons. The summed E-state index contributed by atoms with van der Waals surface area (Å²) in [5.74, 6) is -1.67. The molecule has 11 heavy (non-hydrogen) atoms. The van der Waals surface area contributed by atoms with E-state index in [1.165, 1.54) is 0 Å². The zero-order valence-corrected chi connectivity index (χ0v) is 9.77. The van der Waals surface area contributed by atoms with Crippen LogP contribution in [0.2, 0.25) is 0 Å². The van der Waals surface area contributed by atoms with Crippen LogP contribution in [0.1, 0.15) is 13.8 Å². The molecule has 0 bridgehead atoms. The van der Waals surface area contributed by atoms with Gasteiger partial charge < -0.3 is 10.2 Å². The second-order valence-electron chi connectivity index (χ2n) is 1.04. The number of hydrogen-bond acceptors (Lipinski definition) is 2. The van der Waals surface area contributed by atoms with Gasteiger partial charge in [-0.3, -0.25) is 9.59 Å². The van der Waals surface area contributed by atoms with E-state index in [0.717, 1.165) is 13.8 Å². The predicted molar refractivity (Wildman–Crippen MR) is 36.9 cm³/mol. The summed E-state index contributed by atoms with van der Waals surface area (Å²) in [6.07, 6.45) is 0. The Morgan fingerprint density at radius 1 is 1.00 bits per heavy atom. The summed E-state index contributed by atoms with van der Waals surface area (Å²) in [5, 5.41) is 14.8. The average Bonchev–Trinajstić information content (AvgIpc) is 1.25. The third kappa shape index (κ3) is 3750. The quantitative estimate of drug-likeness (QED) is 0.647. The molecule has 0 heterocycles. The first-order valence-corrected chi connectivity index (χ1v) is 1.86. The van der Waals surface area contributed by atoms with Gasteiger partial charge in [0.25, 0.3) is 11.9 Å². The van der Waals surface area contributed by atoms with E-state index in [1.807, 2.05) is 0 Å². The van der Waals surface area contributed by atoms with Gasteiger partial charge in [0.2, 0.25) is 0 Å². The van der Waals surface area contributed by atoms with Crippen LogP contribution in [0.5, 0.6) is 0 Å². The third-order valence-electron chi connectivity index (χ3n) is 0. The van der Waals surface area contributed by atoms with Gasteiger partial charge in [-0.1, -0.05) is 0 Å². The fourth-order valence-corrected chi connectivity index (χ4v) is 0. The van der Waals surface area contributed by atoms with Gasteiger partial charge in [-0.2, -0.15) is 0 Å². The van der Waals surface area contributed by atoms with Crippen LogP contribution in [0, 0.1) is 0 Å². The van der Waals surface area contributed by atoms with Gasteiger partial charge in [0.1, 0.15) is 0 Å². The normalized spacial score (nSPS) is 4.55. The molecule has 0 aromatic rings. The minimum Gasteiger partial charge on any atom is -0.481 e. The molecule has 0 atom stereocenters. The summed E-state index contributed by atoms with van der Waals surface area (Å²) >= 11 is 0. The van der Waals surface area contributed by atoms with Crippen molar-refractivity contribution in [1.29, 1.82) is 0 Å². The largest absolute Gasteiger partial charge is 0.481 e. The smallest absolute Gasteiger partial charge is 0.300 e. The topological polar surface area (TPSA) is 74.6 Å². The van der Waals surface area contributed by atoms with E-state index in [4.69, 9.17) is 19.8 Å². The number of carboxylic acids is 2. The van der Waals surface area contributed by atoms with Crippen LogP contribution in [-0.2, 0) is 43.4 Å². The molecule has 2 radical (unpaired) electrons. The van der Waals surface area contributed by atoms with Crippen molar-refractivity contribution in [2.75, 3.05) is 0 Å². The van der Waals surface area contributed by atoms with Crippen LogP contribution in [0.15, 0.2) is 0 Å². The number of aliphatic carboxylic acids is 2. The van der Waals surface area contributed by atoms with Crippen LogP contribution in [-0.4, -0.2) is 22.2 Å². The zero-order chi connectivity index (χ0) is 7.15. The standard InChI is InChI=1S/2C2H4O2.BrH.Co.Mn/c2*1-2(3)4;;;/h2*1H3,(H,3,4);1H;;. The summed E-state index contributed by atoms with van der Waals surface area (Å²) in [4.78, 5) is 18.0. The van der Waals surface area contributed by atoms with E-state index < -0.39 is 11.9 Å². The van der Waals surface area contributed by atoms with Crippen molar-refractivity contribution in [2.45, 2.75) is 13.8 Å². The molecule has 4 nitrogen and oxygen atoms in total. The Morgan fingerprint density at radius 3 is 1.00 bits per heavy atom. The minimum absolute atomic E-state index is 0. The first-order chi connectivity index (χ1) is 3.46. The molecule has 0 saturated carbocycles. The van der Waals surface area contributed by atoms with Crippen molar-refractivity contribution in [1.82, 2.24) is 0 Å². The Kier molecular flexibility index (Phi) is 61.3. The van der Waals surface area contributed by atoms with Gasteiger partial charge in [-0.05, 0) is 0 Å². The molecule has 0 aliphatic heterocycles. The van der Waals surface area contributed by atoms with Crippen LogP contribution in [0.25, 0.3) is 0 Å². The van der Waals surface area contributed by atoms with Gasteiger partial charge in [-0.25, -0.2) is 0 Å². The molecule has 0 aliphatic rings. The molecule has 2 N–H and O–H groups in total. The van der Waals surface area contributed by atoms with Crippen LogP contribution in [0.4, 0.5) is 0 Å². The molecule has 7 heteroatoms. The molecular formula is C4H9BrCoMnO4. The second-order valence-corrected chi connectivity index (χ2v) is 1.04. The van der Waals surface area contributed by atoms with Crippen molar-refractivity contribution in [2.24, 2.45) is 0 Å². The molecule has 0 saturated heterocycles. The van der Waals surface area contributed by atoms with Crippen molar-refractivity contribution in [3.05, 3.63) is 0 Å². The number of carboxylic acid groups (broad SMARTS) is 2. The average molecular weight is 315 g/mol. The Balaban J connectivity index is -0.0000000171. The summed E-state index contributed by atoms with van der Waals surface area (Å²) in [5.41, 5.74) is 0. The molecule has 0 aromatic carbocycles. The van der Waals surface area contributed by atoms with Gasteiger partial charge in [0.15, 0.2) is 0 Å². The Hall–Kier alpha value is 0.446. The van der Waals surface area contributed by atoms with Crippen LogP contribution >= 0.6 is 17.0 Å². The molecule has 0 unspecified atom stereocenters. The summed E-state index contributed by atoms with van der Waals surface area (Å²) in [6.45, 7) is 2.17. The molecule has 0 rings (SSSR count). The van der Waals surface area contributed by atoms with E-state index >= 15 is 0 Å². The Bertz CT molecular complexity index is 80.1. The van der Waals surface area contributed by atoms with Crippen molar-refractivity contribution in [3.63, 3.8) is 0 Å². The van der Waals surface area contributed by atoms with E-state index in [-0.39, 0.29) is 50.8 Å². The van der Waals surface area contributed by atoms with Crippen LogP contribution in [0.3, 0.4) is 0 Å². The molecule has 0 aliphatic carbocycles. The summed E-state index contributed by atoms with van der Waals surface area (Å²) in [6, 6.07) is 0. The van der Waals surface area contributed by atoms with Gasteiger partial charge in [-0.15, -0.1) is 17.0 Å². The molecule has 0 fully saturated rings. The van der Waals surface area contributed by atoms with Crippen molar-refractivity contribution >= 4 is 28.9 Å². The maximum atomic E-state index is 9.00. The van der Waals surface area contributed by atoms with Crippen molar-refractivity contribution < 1.29 is 53.6 Å². The summed E-state index contributed by atoms with van der Waals surface area (Å²) < 4.78 is 0. The Labute approximate surface area is 96.2 Å². The Morgan fingerprint density at radius 2 is 1.00 bits per heavy atom. The molecule has 0 amide bonds. The maximum absolute atomic E-state index is 9.00. The molecule has 0 aromatic heterocycles. The number of carbonyl (C=O) groups is 2. The fourth-order valence-electron chi connectivity index (χ4n) is 0. The van der Waals surface area contributed by atoms with E-state index in [0.29, 0.717) is 0 Å². The van der Waals surface area contributed by atoms with E-state index in [9.17, 15) is 0 Å². The van der Waals surface area contributed by atoms with Gasteiger partial charge >= 0.3 is 0 Å². The number of hydrogen-bond donors (Lipinski definition) is 2. The number of halogens is 1. The number of rotatable bonds is 0. The minimum atomic E-state index is -0.833. The SMILES string of the molecule is Br.CC(=O)O.CC(=O)O.[Co].[Mn]. The van der Waals surface area contributed by atoms with Crippen LogP contribution < -0.4 is 0 Å².